The zero-order chi connectivity index (χ0) is 15.7. The van der Waals surface area contributed by atoms with Gasteiger partial charge in [-0.2, -0.15) is 0 Å². The van der Waals surface area contributed by atoms with Crippen molar-refractivity contribution < 1.29 is 14.4 Å². The molecule has 0 aliphatic carbocycles. The summed E-state index contributed by atoms with van der Waals surface area (Å²) in [7, 11) is 0. The molecule has 0 radical (unpaired) electrons. The molecule has 0 aliphatic rings. The Morgan fingerprint density at radius 1 is 1.18 bits per heavy atom. The van der Waals surface area contributed by atoms with Crippen LogP contribution in [-0.4, -0.2) is 16.1 Å². The van der Waals surface area contributed by atoms with Crippen LogP contribution in [0.1, 0.15) is 35.7 Å². The molecular weight excluding hydrogens is 280 g/mol. The van der Waals surface area contributed by atoms with Gasteiger partial charge in [-0.15, -0.1) is 0 Å². The number of rotatable bonds is 3. The van der Waals surface area contributed by atoms with E-state index in [9.17, 15) is 4.79 Å². The zero-order valence-electron chi connectivity index (χ0n) is 12.3. The van der Waals surface area contributed by atoms with Gasteiger partial charge >= 0.3 is 0 Å². The zero-order valence-corrected chi connectivity index (χ0v) is 12.3. The molecule has 0 bridgehead atoms. The highest BCUT2D eigenvalue weighted by molar-refractivity contribution is 5.96. The first-order chi connectivity index (χ1) is 10.6. The molecule has 3 aromatic rings. The average Bonchev–Trinajstić information content (AvgIpc) is 2.97. The van der Waals surface area contributed by atoms with Crippen LogP contribution in [-0.2, 0) is 0 Å². The molecule has 5 nitrogen and oxygen atoms in total. The van der Waals surface area contributed by atoms with Gasteiger partial charge in [0.1, 0.15) is 5.52 Å². The summed E-state index contributed by atoms with van der Waals surface area (Å²) in [5.74, 6) is 0.400. The summed E-state index contributed by atoms with van der Waals surface area (Å²) in [5, 5.41) is 8.67. The lowest BCUT2D eigenvalue weighted by molar-refractivity contribution is 0.0706. The van der Waals surface area contributed by atoms with Crippen molar-refractivity contribution in [1.82, 2.24) is 10.5 Å². The first kappa shape index (κ1) is 14.3. The molecule has 0 aliphatic heterocycles. The monoisotopic (exact) mass is 296 g/mol. The van der Waals surface area contributed by atoms with Gasteiger partial charge < -0.3 is 4.42 Å². The molecule has 112 valence electrons. The molecule has 0 saturated heterocycles. The van der Waals surface area contributed by atoms with E-state index in [1.54, 1.807) is 23.7 Å². The molecule has 3 rings (SSSR count). The van der Waals surface area contributed by atoms with Crippen molar-refractivity contribution in [2.45, 2.75) is 19.8 Å². The molecule has 2 N–H and O–H groups in total. The standard InChI is InChI=1S/C17H16N2O3/c1-10(2)11-3-5-12(6-4-11)17-18-14-9-13(16(20)19-21)7-8-15(14)22-17/h3-10,21H,1-2H3,(H,19,20). The van der Waals surface area contributed by atoms with E-state index in [1.165, 1.54) is 5.56 Å². The van der Waals surface area contributed by atoms with E-state index in [0.29, 0.717) is 28.5 Å². The minimum absolute atomic E-state index is 0.324. The fourth-order valence-electron chi connectivity index (χ4n) is 2.27. The van der Waals surface area contributed by atoms with Crippen LogP contribution in [0.4, 0.5) is 0 Å². The largest absolute Gasteiger partial charge is 0.436 e. The SMILES string of the molecule is CC(C)c1ccc(-c2nc3cc(C(=O)NO)ccc3o2)cc1. The Morgan fingerprint density at radius 2 is 1.91 bits per heavy atom. The summed E-state index contributed by atoms with van der Waals surface area (Å²) >= 11 is 0. The Kier molecular flexibility index (Phi) is 3.65. The number of nitrogens with zero attached hydrogens (tertiary/aromatic N) is 1. The normalized spacial score (nSPS) is 11.1. The van der Waals surface area contributed by atoms with E-state index in [1.807, 2.05) is 12.1 Å². The lowest BCUT2D eigenvalue weighted by Gasteiger charge is -2.04. The Hall–Kier alpha value is -2.66. The molecule has 2 aromatic carbocycles. The number of hydrogen-bond donors (Lipinski definition) is 2. The summed E-state index contributed by atoms with van der Waals surface area (Å²) in [5.41, 5.74) is 5.23. The fraction of sp³-hybridized carbons (Fsp3) is 0.176. The van der Waals surface area contributed by atoms with Crippen LogP contribution in [0.3, 0.4) is 0 Å². The number of amides is 1. The van der Waals surface area contributed by atoms with Crippen molar-refractivity contribution in [1.29, 1.82) is 0 Å². The first-order valence-electron chi connectivity index (χ1n) is 7.04. The second kappa shape index (κ2) is 5.61. The van der Waals surface area contributed by atoms with E-state index < -0.39 is 5.91 Å². The molecule has 22 heavy (non-hydrogen) atoms. The predicted octanol–water partition coefficient (Wildman–Crippen LogP) is 3.74. The van der Waals surface area contributed by atoms with Gasteiger partial charge in [0.05, 0.1) is 0 Å². The average molecular weight is 296 g/mol. The summed E-state index contributed by atoms with van der Waals surface area (Å²) in [6.45, 7) is 4.28. The molecule has 5 heteroatoms. The quantitative estimate of drug-likeness (QED) is 0.570. The van der Waals surface area contributed by atoms with Crippen molar-refractivity contribution in [3.63, 3.8) is 0 Å². The van der Waals surface area contributed by atoms with Crippen LogP contribution in [0.2, 0.25) is 0 Å². The third-order valence-electron chi connectivity index (χ3n) is 3.58. The molecule has 1 amide bonds. The van der Waals surface area contributed by atoms with Crippen molar-refractivity contribution in [3.8, 4) is 11.5 Å². The topological polar surface area (TPSA) is 75.4 Å². The Balaban J connectivity index is 1.99. The summed E-state index contributed by atoms with van der Waals surface area (Å²) in [4.78, 5) is 15.8. The lowest BCUT2D eigenvalue weighted by atomic mass is 10.0. The van der Waals surface area contributed by atoms with Gasteiger partial charge in [-0.1, -0.05) is 26.0 Å². The van der Waals surface area contributed by atoms with Crippen LogP contribution < -0.4 is 5.48 Å². The maximum atomic E-state index is 11.4. The Morgan fingerprint density at radius 3 is 2.55 bits per heavy atom. The van der Waals surface area contributed by atoms with Crippen molar-refractivity contribution in [3.05, 3.63) is 53.6 Å². The highest BCUT2D eigenvalue weighted by Crippen LogP contribution is 2.26. The molecule has 0 spiro atoms. The highest BCUT2D eigenvalue weighted by Gasteiger charge is 2.11. The van der Waals surface area contributed by atoms with E-state index in [0.717, 1.165) is 5.56 Å². The lowest BCUT2D eigenvalue weighted by Crippen LogP contribution is -2.18. The Labute approximate surface area is 127 Å². The number of oxazole rings is 1. The smallest absolute Gasteiger partial charge is 0.274 e. The van der Waals surface area contributed by atoms with Crippen molar-refractivity contribution in [2.75, 3.05) is 0 Å². The van der Waals surface area contributed by atoms with Gasteiger partial charge in [0.25, 0.3) is 5.91 Å². The number of nitrogens with one attached hydrogen (secondary N) is 1. The fourth-order valence-corrected chi connectivity index (χ4v) is 2.27. The molecule has 0 unspecified atom stereocenters. The summed E-state index contributed by atoms with van der Waals surface area (Å²) in [6.07, 6.45) is 0. The molecule has 1 aromatic heterocycles. The van der Waals surface area contributed by atoms with Crippen LogP contribution in [0, 0.1) is 0 Å². The van der Waals surface area contributed by atoms with Crippen LogP contribution >= 0.6 is 0 Å². The third kappa shape index (κ3) is 2.58. The number of fused-ring (bicyclic) bond motifs is 1. The minimum Gasteiger partial charge on any atom is -0.436 e. The molecular formula is C17H16N2O3. The number of hydroxylamine groups is 1. The molecule has 0 fully saturated rings. The van der Waals surface area contributed by atoms with E-state index in [2.05, 4.69) is 31.0 Å². The van der Waals surface area contributed by atoms with Gasteiger partial charge in [-0.05, 0) is 41.8 Å². The number of hydrogen-bond acceptors (Lipinski definition) is 4. The van der Waals surface area contributed by atoms with Crippen LogP contribution in [0.5, 0.6) is 0 Å². The minimum atomic E-state index is -0.576. The number of carbonyl (C=O) groups excluding carboxylic acids is 1. The van der Waals surface area contributed by atoms with Crippen molar-refractivity contribution >= 4 is 17.0 Å². The summed E-state index contributed by atoms with van der Waals surface area (Å²) in [6, 6.07) is 12.9. The molecule has 0 atom stereocenters. The number of benzene rings is 2. The first-order valence-corrected chi connectivity index (χ1v) is 7.04. The molecule has 1 heterocycles. The third-order valence-corrected chi connectivity index (χ3v) is 3.58. The second-order valence-electron chi connectivity index (χ2n) is 5.42. The van der Waals surface area contributed by atoms with Crippen LogP contribution in [0.25, 0.3) is 22.6 Å². The van der Waals surface area contributed by atoms with E-state index in [4.69, 9.17) is 9.62 Å². The second-order valence-corrected chi connectivity index (χ2v) is 5.42. The maximum Gasteiger partial charge on any atom is 0.274 e. The maximum absolute atomic E-state index is 11.4. The van der Waals surface area contributed by atoms with Gasteiger partial charge in [-0.3, -0.25) is 10.0 Å². The van der Waals surface area contributed by atoms with Gasteiger partial charge in [-0.25, -0.2) is 10.5 Å². The highest BCUT2D eigenvalue weighted by atomic mass is 16.5. The summed E-state index contributed by atoms with van der Waals surface area (Å²) < 4.78 is 5.72. The van der Waals surface area contributed by atoms with Gasteiger partial charge in [0, 0.05) is 11.1 Å². The van der Waals surface area contributed by atoms with Gasteiger partial charge in [0.2, 0.25) is 5.89 Å². The number of carbonyl (C=O) groups is 1. The van der Waals surface area contributed by atoms with E-state index in [-0.39, 0.29) is 0 Å². The Bertz CT molecular complexity index is 820. The number of aromatic nitrogens is 1. The van der Waals surface area contributed by atoms with Gasteiger partial charge in [0.15, 0.2) is 5.58 Å². The molecule has 0 saturated carbocycles. The van der Waals surface area contributed by atoms with E-state index >= 15 is 0 Å². The van der Waals surface area contributed by atoms with Crippen LogP contribution in [0.15, 0.2) is 46.9 Å². The predicted molar refractivity (Wildman–Crippen MR) is 82.8 cm³/mol. The van der Waals surface area contributed by atoms with Crippen molar-refractivity contribution in [2.24, 2.45) is 0 Å².